The highest BCUT2D eigenvalue weighted by Crippen LogP contribution is 2.31. The van der Waals surface area contributed by atoms with Crippen LogP contribution in [0.2, 0.25) is 0 Å². The SMILES string of the molecule is CC(C)c1ccc(N(C)c2cccc(F)c2N)cc1. The van der Waals surface area contributed by atoms with E-state index in [0.717, 1.165) is 5.69 Å². The van der Waals surface area contributed by atoms with Crippen molar-refractivity contribution in [2.45, 2.75) is 19.8 Å². The Bertz CT molecular complexity index is 561. The number of nitrogens with zero attached hydrogens (tertiary/aromatic N) is 1. The number of hydrogen-bond donors (Lipinski definition) is 1. The topological polar surface area (TPSA) is 29.3 Å². The Kier molecular flexibility index (Phi) is 3.74. The summed E-state index contributed by atoms with van der Waals surface area (Å²) in [5.41, 5.74) is 8.91. The molecule has 100 valence electrons. The van der Waals surface area contributed by atoms with E-state index in [-0.39, 0.29) is 11.5 Å². The molecule has 0 heterocycles. The van der Waals surface area contributed by atoms with E-state index in [4.69, 9.17) is 5.73 Å². The monoisotopic (exact) mass is 258 g/mol. The molecule has 2 nitrogen and oxygen atoms in total. The highest BCUT2D eigenvalue weighted by atomic mass is 19.1. The molecular formula is C16H19FN2. The van der Waals surface area contributed by atoms with Crippen molar-refractivity contribution in [1.82, 2.24) is 0 Å². The molecule has 0 aliphatic carbocycles. The standard InChI is InChI=1S/C16H19FN2/c1-11(2)12-7-9-13(10-8-12)19(3)15-6-4-5-14(17)16(15)18/h4-11H,18H2,1-3H3. The van der Waals surface area contributed by atoms with Crippen LogP contribution in [0.15, 0.2) is 42.5 Å². The highest BCUT2D eigenvalue weighted by Gasteiger charge is 2.10. The Hall–Kier alpha value is -2.03. The van der Waals surface area contributed by atoms with Gasteiger partial charge < -0.3 is 10.6 Å². The van der Waals surface area contributed by atoms with Gasteiger partial charge in [-0.1, -0.05) is 32.0 Å². The summed E-state index contributed by atoms with van der Waals surface area (Å²) >= 11 is 0. The van der Waals surface area contributed by atoms with Crippen LogP contribution in [0.25, 0.3) is 0 Å². The van der Waals surface area contributed by atoms with Gasteiger partial charge in [0.05, 0.1) is 11.4 Å². The van der Waals surface area contributed by atoms with Gasteiger partial charge in [0.2, 0.25) is 0 Å². The van der Waals surface area contributed by atoms with Crippen LogP contribution in [0.4, 0.5) is 21.5 Å². The fourth-order valence-corrected chi connectivity index (χ4v) is 2.04. The van der Waals surface area contributed by atoms with Crippen LogP contribution in [-0.4, -0.2) is 7.05 Å². The molecule has 0 saturated heterocycles. The lowest BCUT2D eigenvalue weighted by molar-refractivity contribution is 0.632. The Labute approximate surface area is 113 Å². The van der Waals surface area contributed by atoms with Crippen molar-refractivity contribution < 1.29 is 4.39 Å². The normalized spacial score (nSPS) is 10.8. The molecule has 0 spiro atoms. The van der Waals surface area contributed by atoms with E-state index in [0.29, 0.717) is 11.6 Å². The second-order valence-electron chi connectivity index (χ2n) is 4.98. The minimum absolute atomic E-state index is 0.179. The number of anilines is 3. The van der Waals surface area contributed by atoms with Crippen LogP contribution in [-0.2, 0) is 0 Å². The fourth-order valence-electron chi connectivity index (χ4n) is 2.04. The van der Waals surface area contributed by atoms with E-state index in [9.17, 15) is 4.39 Å². The molecule has 0 fully saturated rings. The smallest absolute Gasteiger partial charge is 0.148 e. The van der Waals surface area contributed by atoms with Crippen LogP contribution in [0.1, 0.15) is 25.3 Å². The summed E-state index contributed by atoms with van der Waals surface area (Å²) in [5.74, 6) is 0.113. The van der Waals surface area contributed by atoms with Gasteiger partial charge in [0.15, 0.2) is 0 Å². The Balaban J connectivity index is 2.33. The third-order valence-corrected chi connectivity index (χ3v) is 3.34. The van der Waals surface area contributed by atoms with Crippen molar-refractivity contribution in [2.24, 2.45) is 0 Å². The van der Waals surface area contributed by atoms with Crippen LogP contribution in [0, 0.1) is 5.82 Å². The summed E-state index contributed by atoms with van der Waals surface area (Å²) in [5, 5.41) is 0. The maximum Gasteiger partial charge on any atom is 0.148 e. The summed E-state index contributed by atoms with van der Waals surface area (Å²) in [6.45, 7) is 4.31. The maximum absolute atomic E-state index is 13.5. The molecule has 2 N–H and O–H groups in total. The Morgan fingerprint density at radius 1 is 1.05 bits per heavy atom. The van der Waals surface area contributed by atoms with Gasteiger partial charge in [-0.2, -0.15) is 0 Å². The zero-order valence-electron chi connectivity index (χ0n) is 11.5. The summed E-state index contributed by atoms with van der Waals surface area (Å²) in [7, 11) is 1.88. The van der Waals surface area contributed by atoms with E-state index >= 15 is 0 Å². The second kappa shape index (κ2) is 5.31. The lowest BCUT2D eigenvalue weighted by atomic mass is 10.0. The lowest BCUT2D eigenvalue weighted by Gasteiger charge is -2.22. The van der Waals surface area contributed by atoms with E-state index in [2.05, 4.69) is 26.0 Å². The minimum atomic E-state index is -0.386. The number of hydrogen-bond acceptors (Lipinski definition) is 2. The van der Waals surface area contributed by atoms with Crippen molar-refractivity contribution in [3.8, 4) is 0 Å². The van der Waals surface area contributed by atoms with Gasteiger partial charge in [0.1, 0.15) is 5.82 Å². The van der Waals surface area contributed by atoms with E-state index in [1.807, 2.05) is 30.1 Å². The molecule has 0 bridgehead atoms. The van der Waals surface area contributed by atoms with Gasteiger partial charge in [-0.25, -0.2) is 4.39 Å². The number of nitrogen functional groups attached to an aromatic ring is 1. The van der Waals surface area contributed by atoms with Crippen molar-refractivity contribution in [1.29, 1.82) is 0 Å². The van der Waals surface area contributed by atoms with Crippen LogP contribution in [0.5, 0.6) is 0 Å². The molecule has 19 heavy (non-hydrogen) atoms. The summed E-state index contributed by atoms with van der Waals surface area (Å²) < 4.78 is 13.5. The van der Waals surface area contributed by atoms with E-state index in [1.165, 1.54) is 11.6 Å². The van der Waals surface area contributed by atoms with Gasteiger partial charge in [0, 0.05) is 12.7 Å². The van der Waals surface area contributed by atoms with Crippen LogP contribution < -0.4 is 10.6 Å². The van der Waals surface area contributed by atoms with Crippen molar-refractivity contribution >= 4 is 17.1 Å². The molecule has 0 unspecified atom stereocenters. The first-order chi connectivity index (χ1) is 9.00. The molecule has 0 amide bonds. The average molecular weight is 258 g/mol. The largest absolute Gasteiger partial charge is 0.395 e. The average Bonchev–Trinajstić information content (AvgIpc) is 2.41. The van der Waals surface area contributed by atoms with Crippen molar-refractivity contribution in [3.05, 3.63) is 53.8 Å². The molecule has 2 aromatic carbocycles. The number of benzene rings is 2. The number of rotatable bonds is 3. The first kappa shape index (κ1) is 13.4. The summed E-state index contributed by atoms with van der Waals surface area (Å²) in [6, 6.07) is 13.1. The first-order valence-electron chi connectivity index (χ1n) is 6.38. The van der Waals surface area contributed by atoms with E-state index in [1.54, 1.807) is 6.07 Å². The zero-order chi connectivity index (χ0) is 14.0. The molecule has 0 radical (unpaired) electrons. The predicted molar refractivity (Wildman–Crippen MR) is 79.4 cm³/mol. The molecule has 0 saturated carbocycles. The number of para-hydroxylation sites is 1. The summed E-state index contributed by atoms with van der Waals surface area (Å²) in [6.07, 6.45) is 0. The number of nitrogens with two attached hydrogens (primary N) is 1. The molecule has 0 atom stereocenters. The summed E-state index contributed by atoms with van der Waals surface area (Å²) in [4.78, 5) is 1.89. The minimum Gasteiger partial charge on any atom is -0.395 e. The maximum atomic E-state index is 13.5. The third kappa shape index (κ3) is 2.70. The molecule has 0 aromatic heterocycles. The number of halogens is 1. The Morgan fingerprint density at radius 2 is 1.68 bits per heavy atom. The molecule has 0 aliphatic heterocycles. The first-order valence-corrected chi connectivity index (χ1v) is 6.38. The predicted octanol–water partition coefficient (Wildman–Crippen LogP) is 4.30. The van der Waals surface area contributed by atoms with Crippen LogP contribution >= 0.6 is 0 Å². The third-order valence-electron chi connectivity index (χ3n) is 3.34. The molecule has 0 aliphatic rings. The second-order valence-corrected chi connectivity index (χ2v) is 4.98. The van der Waals surface area contributed by atoms with Gasteiger partial charge in [-0.3, -0.25) is 0 Å². The molecular weight excluding hydrogens is 239 g/mol. The zero-order valence-corrected chi connectivity index (χ0v) is 11.5. The van der Waals surface area contributed by atoms with Crippen LogP contribution in [0.3, 0.4) is 0 Å². The molecule has 2 aromatic rings. The van der Waals surface area contributed by atoms with Crippen molar-refractivity contribution in [2.75, 3.05) is 17.7 Å². The van der Waals surface area contributed by atoms with E-state index < -0.39 is 0 Å². The van der Waals surface area contributed by atoms with Gasteiger partial charge in [0.25, 0.3) is 0 Å². The molecule has 2 rings (SSSR count). The Morgan fingerprint density at radius 3 is 2.26 bits per heavy atom. The van der Waals surface area contributed by atoms with Gasteiger partial charge >= 0.3 is 0 Å². The molecule has 3 heteroatoms. The highest BCUT2D eigenvalue weighted by molar-refractivity contribution is 5.74. The fraction of sp³-hybridized carbons (Fsp3) is 0.250. The van der Waals surface area contributed by atoms with Crippen molar-refractivity contribution in [3.63, 3.8) is 0 Å². The van der Waals surface area contributed by atoms with Gasteiger partial charge in [-0.15, -0.1) is 0 Å². The quantitative estimate of drug-likeness (QED) is 0.832. The lowest BCUT2D eigenvalue weighted by Crippen LogP contribution is -2.12. The van der Waals surface area contributed by atoms with Gasteiger partial charge in [-0.05, 0) is 35.7 Å².